The predicted octanol–water partition coefficient (Wildman–Crippen LogP) is 2.28. The Morgan fingerprint density at radius 2 is 1.79 bits per heavy atom. The van der Waals surface area contributed by atoms with Gasteiger partial charge in [-0.05, 0) is 36.4 Å². The van der Waals surface area contributed by atoms with Crippen molar-refractivity contribution in [2.45, 2.75) is 18.2 Å². The smallest absolute Gasteiger partial charge is 0.247 e. The lowest BCUT2D eigenvalue weighted by Gasteiger charge is -2.00. The summed E-state index contributed by atoms with van der Waals surface area (Å²) in [6.07, 6.45) is 1.62. The first-order valence-electron chi connectivity index (χ1n) is 5.10. The Morgan fingerprint density at radius 3 is 2.26 bits per heavy atom. The zero-order valence-corrected chi connectivity index (χ0v) is 13.2. The van der Waals surface area contributed by atoms with Crippen molar-refractivity contribution in [2.24, 2.45) is 5.14 Å². The van der Waals surface area contributed by atoms with Gasteiger partial charge in [0, 0.05) is 26.8 Å². The van der Waals surface area contributed by atoms with Crippen LogP contribution in [-0.4, -0.2) is 18.9 Å². The molecular weight excluding hydrogens is 322 g/mol. The summed E-state index contributed by atoms with van der Waals surface area (Å²) in [4.78, 5) is 1.72. The van der Waals surface area contributed by atoms with Crippen LogP contribution in [0.1, 0.15) is 0 Å². The minimum atomic E-state index is -3.63. The number of thiophene rings is 1. The average Bonchev–Trinajstić information content (AvgIpc) is 2.78. The highest BCUT2D eigenvalue weighted by atomic mass is 32.3. The SMILES string of the molecule is C[S@@](=O)c1ccc(Sc2ccc(S(N)(=O)=O)s2)cc1. The van der Waals surface area contributed by atoms with Crippen molar-refractivity contribution in [1.29, 1.82) is 0 Å². The van der Waals surface area contributed by atoms with Crippen LogP contribution >= 0.6 is 23.1 Å². The molecule has 1 aromatic carbocycles. The molecule has 2 aromatic rings. The van der Waals surface area contributed by atoms with Gasteiger partial charge in [-0.3, -0.25) is 4.21 Å². The second-order valence-corrected chi connectivity index (χ2v) is 9.27. The highest BCUT2D eigenvalue weighted by molar-refractivity contribution is 8.01. The molecular formula is C11H11NO3S4. The number of hydrogen-bond donors (Lipinski definition) is 1. The summed E-state index contributed by atoms with van der Waals surface area (Å²) in [5.74, 6) is 0. The summed E-state index contributed by atoms with van der Waals surface area (Å²) in [6, 6.07) is 10.5. The Balaban J connectivity index is 2.17. The molecule has 8 heteroatoms. The first-order valence-corrected chi connectivity index (χ1v) is 9.84. The lowest BCUT2D eigenvalue weighted by molar-refractivity contribution is 0.600. The molecule has 0 fully saturated rings. The van der Waals surface area contributed by atoms with Crippen molar-refractivity contribution >= 4 is 43.9 Å². The molecule has 1 atom stereocenters. The van der Waals surface area contributed by atoms with Gasteiger partial charge < -0.3 is 0 Å². The second kappa shape index (κ2) is 5.76. The number of benzene rings is 1. The Bertz CT molecular complexity index is 704. The van der Waals surface area contributed by atoms with Gasteiger partial charge in [0.25, 0.3) is 0 Å². The molecule has 0 bridgehead atoms. The molecule has 1 aromatic heterocycles. The molecule has 0 aliphatic heterocycles. The molecule has 2 rings (SSSR count). The van der Waals surface area contributed by atoms with Crippen LogP contribution in [-0.2, 0) is 20.8 Å². The molecule has 0 unspecified atom stereocenters. The fourth-order valence-corrected chi connectivity index (χ4v) is 4.83. The monoisotopic (exact) mass is 333 g/mol. The van der Waals surface area contributed by atoms with E-state index in [0.717, 1.165) is 25.3 Å². The largest absolute Gasteiger partial charge is 0.255 e. The van der Waals surface area contributed by atoms with Crippen LogP contribution in [0.5, 0.6) is 0 Å². The molecule has 0 spiro atoms. The molecule has 102 valence electrons. The first-order chi connectivity index (χ1) is 8.86. The van der Waals surface area contributed by atoms with Crippen LogP contribution in [0.2, 0.25) is 0 Å². The van der Waals surface area contributed by atoms with Gasteiger partial charge in [-0.25, -0.2) is 13.6 Å². The first kappa shape index (κ1) is 14.7. The quantitative estimate of drug-likeness (QED) is 0.931. The zero-order chi connectivity index (χ0) is 14.0. The standard InChI is InChI=1S/C11H11NO3S4/c1-18(13)9-4-2-8(3-5-9)16-10-6-7-11(17-10)19(12,14)15/h2-7H,1H3,(H2,12,14,15)/t18-/m1/s1. The van der Waals surface area contributed by atoms with Crippen LogP contribution in [0.3, 0.4) is 0 Å². The van der Waals surface area contributed by atoms with E-state index in [1.54, 1.807) is 24.5 Å². The minimum absolute atomic E-state index is 0.154. The normalized spacial score (nSPS) is 13.4. The molecule has 2 N–H and O–H groups in total. The number of sulfonamides is 1. The highest BCUT2D eigenvalue weighted by Crippen LogP contribution is 2.34. The maximum atomic E-state index is 11.3. The number of primary sulfonamides is 1. The van der Waals surface area contributed by atoms with Gasteiger partial charge in [-0.2, -0.15) is 0 Å². The van der Waals surface area contributed by atoms with Gasteiger partial charge in [0.2, 0.25) is 10.0 Å². The third-order valence-corrected chi connectivity index (χ3v) is 6.81. The van der Waals surface area contributed by atoms with Gasteiger partial charge in [0.05, 0.1) is 4.21 Å². The average molecular weight is 333 g/mol. The molecule has 0 saturated heterocycles. The molecule has 0 aliphatic rings. The van der Waals surface area contributed by atoms with E-state index < -0.39 is 20.8 Å². The molecule has 19 heavy (non-hydrogen) atoms. The summed E-state index contributed by atoms with van der Waals surface area (Å²) in [6.45, 7) is 0. The Kier molecular flexibility index (Phi) is 4.46. The van der Waals surface area contributed by atoms with Gasteiger partial charge in [-0.15, -0.1) is 11.3 Å². The number of hydrogen-bond acceptors (Lipinski definition) is 5. The molecule has 0 saturated carbocycles. The molecule has 0 radical (unpaired) electrons. The summed E-state index contributed by atoms with van der Waals surface area (Å²) in [5.41, 5.74) is 0. The third-order valence-electron chi connectivity index (χ3n) is 2.21. The number of nitrogens with two attached hydrogens (primary N) is 1. The summed E-state index contributed by atoms with van der Waals surface area (Å²) in [7, 11) is -4.62. The lowest BCUT2D eigenvalue weighted by atomic mass is 10.4. The van der Waals surface area contributed by atoms with E-state index in [1.165, 1.54) is 17.8 Å². The second-order valence-electron chi connectivity index (χ2n) is 3.65. The molecule has 1 heterocycles. The van der Waals surface area contributed by atoms with Crippen molar-refractivity contribution in [2.75, 3.05) is 6.26 Å². The van der Waals surface area contributed by atoms with E-state index in [9.17, 15) is 12.6 Å². The summed E-state index contributed by atoms with van der Waals surface area (Å²) < 4.78 is 34.6. The molecule has 4 nitrogen and oxygen atoms in total. The van der Waals surface area contributed by atoms with Crippen molar-refractivity contribution in [1.82, 2.24) is 0 Å². The Labute approximate surface area is 122 Å². The van der Waals surface area contributed by atoms with Crippen LogP contribution in [0.15, 0.2) is 54.6 Å². The van der Waals surface area contributed by atoms with E-state index >= 15 is 0 Å². The van der Waals surface area contributed by atoms with Crippen molar-refractivity contribution in [3.05, 3.63) is 36.4 Å². The van der Waals surface area contributed by atoms with Crippen LogP contribution in [0, 0.1) is 0 Å². The molecule has 0 aliphatic carbocycles. The fraction of sp³-hybridized carbons (Fsp3) is 0.0909. The van der Waals surface area contributed by atoms with E-state index in [0.29, 0.717) is 0 Å². The predicted molar refractivity (Wildman–Crippen MR) is 78.6 cm³/mol. The van der Waals surface area contributed by atoms with Crippen LogP contribution < -0.4 is 5.14 Å². The maximum Gasteiger partial charge on any atom is 0.247 e. The highest BCUT2D eigenvalue weighted by Gasteiger charge is 2.11. The molecule has 0 amide bonds. The van der Waals surface area contributed by atoms with Gasteiger partial charge >= 0.3 is 0 Å². The van der Waals surface area contributed by atoms with Crippen LogP contribution in [0.25, 0.3) is 0 Å². The van der Waals surface area contributed by atoms with Crippen molar-refractivity contribution < 1.29 is 12.6 Å². The number of rotatable bonds is 4. The summed E-state index contributed by atoms with van der Waals surface area (Å²) in [5, 5.41) is 5.06. The Hall–Kier alpha value is -0.670. The van der Waals surface area contributed by atoms with E-state index in [1.807, 2.05) is 12.1 Å². The fourth-order valence-electron chi connectivity index (χ4n) is 1.33. The van der Waals surface area contributed by atoms with Gasteiger partial charge in [0.1, 0.15) is 4.21 Å². The van der Waals surface area contributed by atoms with E-state index in [-0.39, 0.29) is 4.21 Å². The van der Waals surface area contributed by atoms with Crippen LogP contribution in [0.4, 0.5) is 0 Å². The van der Waals surface area contributed by atoms with Crippen molar-refractivity contribution in [3.63, 3.8) is 0 Å². The lowest BCUT2D eigenvalue weighted by Crippen LogP contribution is -2.09. The Morgan fingerprint density at radius 1 is 1.16 bits per heavy atom. The summed E-state index contributed by atoms with van der Waals surface area (Å²) >= 11 is 2.58. The van der Waals surface area contributed by atoms with E-state index in [2.05, 4.69) is 0 Å². The topological polar surface area (TPSA) is 77.2 Å². The third kappa shape index (κ3) is 3.90. The minimum Gasteiger partial charge on any atom is -0.255 e. The van der Waals surface area contributed by atoms with Gasteiger partial charge in [-0.1, -0.05) is 11.8 Å². The maximum absolute atomic E-state index is 11.3. The van der Waals surface area contributed by atoms with Gasteiger partial charge in [0.15, 0.2) is 0 Å². The van der Waals surface area contributed by atoms with Crippen molar-refractivity contribution in [3.8, 4) is 0 Å². The van der Waals surface area contributed by atoms with E-state index in [4.69, 9.17) is 5.14 Å². The zero-order valence-electron chi connectivity index (χ0n) is 9.90.